The number of carbonyl (C=O) groups is 2. The Kier molecular flexibility index (Phi) is 7.59. The highest BCUT2D eigenvalue weighted by Gasteiger charge is 2.29. The van der Waals surface area contributed by atoms with Crippen molar-refractivity contribution in [1.29, 1.82) is 0 Å². The monoisotopic (exact) mass is 437 g/mol. The second kappa shape index (κ2) is 10.6. The van der Waals surface area contributed by atoms with Crippen LogP contribution >= 0.6 is 0 Å². The summed E-state index contributed by atoms with van der Waals surface area (Å²) in [6.45, 7) is 5.33. The number of benzene rings is 2. The number of hydrogen-bond donors (Lipinski definition) is 1. The summed E-state index contributed by atoms with van der Waals surface area (Å²) in [6.07, 6.45) is -0.587. The summed E-state index contributed by atoms with van der Waals surface area (Å²) in [5.41, 5.74) is 1.59. The molecule has 0 radical (unpaired) electrons. The van der Waals surface area contributed by atoms with Crippen LogP contribution in [-0.2, 0) is 20.7 Å². The fraction of sp³-hybridized carbons (Fsp3) is 0.333. The van der Waals surface area contributed by atoms with Gasteiger partial charge in [0.25, 0.3) is 5.89 Å². The molecule has 2 atom stereocenters. The summed E-state index contributed by atoms with van der Waals surface area (Å²) in [5.74, 6) is 0.221. The molecular formula is C24H27N3O5. The van der Waals surface area contributed by atoms with Crippen molar-refractivity contribution < 1.29 is 23.5 Å². The molecule has 0 saturated heterocycles. The number of amides is 1. The topological polar surface area (TPSA) is 104 Å². The van der Waals surface area contributed by atoms with Crippen LogP contribution in [0.5, 0.6) is 5.75 Å². The lowest BCUT2D eigenvalue weighted by Crippen LogP contribution is -2.46. The Hall–Kier alpha value is -3.68. The summed E-state index contributed by atoms with van der Waals surface area (Å²) in [5, 5.41) is 10.8. The molecule has 32 heavy (non-hydrogen) atoms. The van der Waals surface area contributed by atoms with Crippen molar-refractivity contribution in [2.45, 2.75) is 39.3 Å². The predicted octanol–water partition coefficient (Wildman–Crippen LogP) is 3.73. The van der Waals surface area contributed by atoms with Crippen LogP contribution < -0.4 is 10.1 Å². The fourth-order valence-corrected chi connectivity index (χ4v) is 3.05. The summed E-state index contributed by atoms with van der Waals surface area (Å²) in [6, 6.07) is 15.7. The first-order valence-corrected chi connectivity index (χ1v) is 10.4. The van der Waals surface area contributed by atoms with Gasteiger partial charge in [-0.1, -0.05) is 44.2 Å². The van der Waals surface area contributed by atoms with Crippen molar-refractivity contribution in [2.75, 3.05) is 7.11 Å². The third kappa shape index (κ3) is 5.94. The molecule has 1 aromatic heterocycles. The van der Waals surface area contributed by atoms with E-state index in [1.807, 2.05) is 44.2 Å². The fourth-order valence-electron chi connectivity index (χ4n) is 3.05. The highest BCUT2D eigenvalue weighted by atomic mass is 16.6. The Balaban J connectivity index is 1.62. The maximum absolute atomic E-state index is 12.8. The van der Waals surface area contributed by atoms with Crippen molar-refractivity contribution in [3.8, 4) is 17.2 Å². The molecule has 3 rings (SSSR count). The van der Waals surface area contributed by atoms with Gasteiger partial charge in [-0.05, 0) is 42.7 Å². The molecule has 1 N–H and O–H groups in total. The van der Waals surface area contributed by atoms with Crippen LogP contribution in [0.15, 0.2) is 59.0 Å². The van der Waals surface area contributed by atoms with Crippen LogP contribution in [0, 0.1) is 5.92 Å². The molecule has 0 spiro atoms. The Morgan fingerprint density at radius 3 is 2.31 bits per heavy atom. The normalized spacial score (nSPS) is 12.8. The van der Waals surface area contributed by atoms with E-state index in [0.29, 0.717) is 11.6 Å². The number of ether oxygens (including phenoxy) is 2. The van der Waals surface area contributed by atoms with Crippen molar-refractivity contribution in [3.05, 3.63) is 66.1 Å². The van der Waals surface area contributed by atoms with E-state index in [9.17, 15) is 9.59 Å². The first-order chi connectivity index (χ1) is 15.4. The van der Waals surface area contributed by atoms with Crippen LogP contribution in [0.25, 0.3) is 11.5 Å². The van der Waals surface area contributed by atoms with E-state index < -0.39 is 18.1 Å². The van der Waals surface area contributed by atoms with Crippen LogP contribution in [0.2, 0.25) is 0 Å². The average molecular weight is 437 g/mol. The number of aromatic nitrogens is 2. The largest absolute Gasteiger partial charge is 0.497 e. The van der Waals surface area contributed by atoms with E-state index in [-0.39, 0.29) is 24.1 Å². The molecule has 0 fully saturated rings. The Labute approximate surface area is 186 Å². The van der Waals surface area contributed by atoms with Gasteiger partial charge in [-0.3, -0.25) is 4.79 Å². The number of nitrogens with zero attached hydrogens (tertiary/aromatic N) is 2. The molecule has 0 aliphatic rings. The van der Waals surface area contributed by atoms with Gasteiger partial charge < -0.3 is 19.2 Å². The molecule has 8 heteroatoms. The minimum atomic E-state index is -0.794. The van der Waals surface area contributed by atoms with Crippen LogP contribution in [0.4, 0.5) is 0 Å². The second-order valence-electron chi connectivity index (χ2n) is 7.70. The van der Waals surface area contributed by atoms with Crippen LogP contribution in [0.1, 0.15) is 38.3 Å². The van der Waals surface area contributed by atoms with Gasteiger partial charge in [-0.25, -0.2) is 4.79 Å². The molecule has 0 aliphatic carbocycles. The molecule has 2 aromatic carbocycles. The van der Waals surface area contributed by atoms with E-state index in [2.05, 4.69) is 15.5 Å². The molecule has 0 aliphatic heterocycles. The van der Waals surface area contributed by atoms with E-state index in [1.54, 1.807) is 38.3 Å². The van der Waals surface area contributed by atoms with E-state index >= 15 is 0 Å². The van der Waals surface area contributed by atoms with E-state index in [0.717, 1.165) is 11.1 Å². The van der Waals surface area contributed by atoms with E-state index in [1.165, 1.54) is 0 Å². The lowest BCUT2D eigenvalue weighted by Gasteiger charge is -2.22. The molecule has 0 bridgehead atoms. The third-order valence-corrected chi connectivity index (χ3v) is 4.86. The standard InChI is InChI=1S/C24H27N3O5/c1-15(2)21(25-20(28)14-17-8-6-5-7-9-17)24(29)31-16(3)22-26-27-23(32-22)18-10-12-19(30-4)13-11-18/h5-13,15-16,21H,14H2,1-4H3,(H,25,28)/t16?,21-/m0/s1. The van der Waals surface area contributed by atoms with Gasteiger partial charge in [-0.15, -0.1) is 10.2 Å². The van der Waals surface area contributed by atoms with Gasteiger partial charge in [0.1, 0.15) is 11.8 Å². The molecule has 0 saturated carbocycles. The smallest absolute Gasteiger partial charge is 0.329 e. The van der Waals surface area contributed by atoms with Gasteiger partial charge in [0.2, 0.25) is 11.8 Å². The van der Waals surface area contributed by atoms with Crippen molar-refractivity contribution in [2.24, 2.45) is 5.92 Å². The summed E-state index contributed by atoms with van der Waals surface area (Å²) >= 11 is 0. The number of hydrogen-bond acceptors (Lipinski definition) is 7. The van der Waals surface area contributed by atoms with Crippen molar-refractivity contribution >= 4 is 11.9 Å². The van der Waals surface area contributed by atoms with E-state index in [4.69, 9.17) is 13.9 Å². The SMILES string of the molecule is COc1ccc(-c2nnc(C(C)OC(=O)[C@@H](NC(=O)Cc3ccccc3)C(C)C)o2)cc1. The average Bonchev–Trinajstić information content (AvgIpc) is 3.28. The number of esters is 1. The van der Waals surface area contributed by atoms with Crippen molar-refractivity contribution in [1.82, 2.24) is 15.5 Å². The minimum absolute atomic E-state index is 0.160. The number of carbonyl (C=O) groups excluding carboxylic acids is 2. The zero-order chi connectivity index (χ0) is 23.1. The predicted molar refractivity (Wildman–Crippen MR) is 118 cm³/mol. The van der Waals surface area contributed by atoms with Crippen molar-refractivity contribution in [3.63, 3.8) is 0 Å². The maximum Gasteiger partial charge on any atom is 0.329 e. The molecule has 8 nitrogen and oxygen atoms in total. The molecule has 1 heterocycles. The first kappa shape index (κ1) is 23.0. The second-order valence-corrected chi connectivity index (χ2v) is 7.70. The molecule has 1 unspecified atom stereocenters. The quantitative estimate of drug-likeness (QED) is 0.509. The van der Waals surface area contributed by atoms with Crippen LogP contribution in [-0.4, -0.2) is 35.2 Å². The zero-order valence-corrected chi connectivity index (χ0v) is 18.6. The Morgan fingerprint density at radius 1 is 1.00 bits per heavy atom. The Bertz CT molecular complexity index is 1030. The molecular weight excluding hydrogens is 410 g/mol. The van der Waals surface area contributed by atoms with Gasteiger partial charge in [0.15, 0.2) is 6.10 Å². The van der Waals surface area contributed by atoms with Gasteiger partial charge in [0, 0.05) is 5.56 Å². The van der Waals surface area contributed by atoms with Gasteiger partial charge in [-0.2, -0.15) is 0 Å². The lowest BCUT2D eigenvalue weighted by molar-refractivity contribution is -0.154. The Morgan fingerprint density at radius 2 is 1.69 bits per heavy atom. The highest BCUT2D eigenvalue weighted by Crippen LogP contribution is 2.24. The lowest BCUT2D eigenvalue weighted by atomic mass is 10.0. The molecule has 168 valence electrons. The third-order valence-electron chi connectivity index (χ3n) is 4.86. The molecule has 1 amide bonds. The number of rotatable bonds is 9. The van der Waals surface area contributed by atoms with Gasteiger partial charge >= 0.3 is 5.97 Å². The minimum Gasteiger partial charge on any atom is -0.497 e. The highest BCUT2D eigenvalue weighted by molar-refractivity contribution is 5.85. The maximum atomic E-state index is 12.8. The zero-order valence-electron chi connectivity index (χ0n) is 18.6. The number of nitrogens with one attached hydrogen (secondary N) is 1. The first-order valence-electron chi connectivity index (χ1n) is 10.4. The van der Waals surface area contributed by atoms with Gasteiger partial charge in [0.05, 0.1) is 13.5 Å². The number of methoxy groups -OCH3 is 1. The molecule has 3 aromatic rings. The summed E-state index contributed by atoms with van der Waals surface area (Å²) in [4.78, 5) is 25.2. The summed E-state index contributed by atoms with van der Waals surface area (Å²) in [7, 11) is 1.59. The van der Waals surface area contributed by atoms with Crippen LogP contribution in [0.3, 0.4) is 0 Å². The summed E-state index contributed by atoms with van der Waals surface area (Å²) < 4.78 is 16.3.